The van der Waals surface area contributed by atoms with Gasteiger partial charge in [0.05, 0.1) is 5.69 Å². The van der Waals surface area contributed by atoms with Crippen LogP contribution in [0.2, 0.25) is 0 Å². The molecule has 18 heavy (non-hydrogen) atoms. The van der Waals surface area contributed by atoms with E-state index in [9.17, 15) is 8.78 Å². The third kappa shape index (κ3) is 1.54. The summed E-state index contributed by atoms with van der Waals surface area (Å²) in [6.07, 6.45) is 0. The van der Waals surface area contributed by atoms with Crippen LogP contribution < -0.4 is 5.73 Å². The molecule has 0 aliphatic carbocycles. The van der Waals surface area contributed by atoms with Crippen molar-refractivity contribution >= 4 is 16.7 Å². The molecule has 0 bridgehead atoms. The van der Waals surface area contributed by atoms with Crippen LogP contribution in [0.5, 0.6) is 0 Å². The standard InChI is InChI=1S/C14H9F2NO/c15-10-5-2-4-9(13(10)17)12-7-8-3-1-6-11(16)14(8)18-12/h1-7H,17H2. The molecule has 0 spiro atoms. The summed E-state index contributed by atoms with van der Waals surface area (Å²) in [6, 6.07) is 10.7. The number of nitrogens with two attached hydrogens (primary N) is 1. The molecule has 0 saturated heterocycles. The minimum absolute atomic E-state index is 0.00281. The Morgan fingerprint density at radius 3 is 2.44 bits per heavy atom. The lowest BCUT2D eigenvalue weighted by molar-refractivity contribution is 0.568. The largest absolute Gasteiger partial charge is 0.453 e. The third-order valence-corrected chi connectivity index (χ3v) is 2.81. The summed E-state index contributed by atoms with van der Waals surface area (Å²) < 4.78 is 32.3. The summed E-state index contributed by atoms with van der Waals surface area (Å²) in [4.78, 5) is 0. The Labute approximate surface area is 102 Å². The number of para-hydroxylation sites is 2. The van der Waals surface area contributed by atoms with Crippen molar-refractivity contribution in [3.63, 3.8) is 0 Å². The monoisotopic (exact) mass is 245 g/mol. The lowest BCUT2D eigenvalue weighted by Crippen LogP contribution is -1.92. The van der Waals surface area contributed by atoms with Crippen LogP contribution in [0.1, 0.15) is 0 Å². The van der Waals surface area contributed by atoms with Gasteiger partial charge in [-0.2, -0.15) is 0 Å². The van der Waals surface area contributed by atoms with Crippen molar-refractivity contribution in [2.75, 3.05) is 5.73 Å². The first kappa shape index (κ1) is 10.8. The Morgan fingerprint density at radius 2 is 1.67 bits per heavy atom. The molecule has 0 fully saturated rings. The molecule has 0 aliphatic heterocycles. The van der Waals surface area contributed by atoms with Crippen LogP contribution >= 0.6 is 0 Å². The van der Waals surface area contributed by atoms with E-state index in [1.165, 1.54) is 18.2 Å². The van der Waals surface area contributed by atoms with E-state index in [0.717, 1.165) is 0 Å². The summed E-state index contributed by atoms with van der Waals surface area (Å²) in [6.45, 7) is 0. The van der Waals surface area contributed by atoms with E-state index in [1.807, 2.05) is 0 Å². The molecule has 3 rings (SSSR count). The SMILES string of the molecule is Nc1c(F)cccc1-c1cc2cccc(F)c2o1. The van der Waals surface area contributed by atoms with Gasteiger partial charge < -0.3 is 10.2 Å². The molecule has 1 heterocycles. The van der Waals surface area contributed by atoms with E-state index >= 15 is 0 Å². The minimum Gasteiger partial charge on any atom is -0.453 e. The normalized spacial score (nSPS) is 11.0. The predicted octanol–water partition coefficient (Wildman–Crippen LogP) is 3.96. The fourth-order valence-corrected chi connectivity index (χ4v) is 1.91. The zero-order valence-electron chi connectivity index (χ0n) is 9.28. The molecular formula is C14H9F2NO. The van der Waals surface area contributed by atoms with Gasteiger partial charge in [0.2, 0.25) is 0 Å². The average molecular weight is 245 g/mol. The highest BCUT2D eigenvalue weighted by Crippen LogP contribution is 2.33. The van der Waals surface area contributed by atoms with Crippen molar-refractivity contribution < 1.29 is 13.2 Å². The van der Waals surface area contributed by atoms with Crippen molar-refractivity contribution in [1.82, 2.24) is 0 Å². The van der Waals surface area contributed by atoms with Crippen LogP contribution in [0.4, 0.5) is 14.5 Å². The number of furan rings is 1. The molecule has 2 aromatic carbocycles. The topological polar surface area (TPSA) is 39.2 Å². The first-order valence-corrected chi connectivity index (χ1v) is 5.39. The van der Waals surface area contributed by atoms with Crippen LogP contribution in [0.3, 0.4) is 0 Å². The van der Waals surface area contributed by atoms with Crippen LogP contribution in [0.25, 0.3) is 22.3 Å². The fourth-order valence-electron chi connectivity index (χ4n) is 1.91. The molecule has 0 atom stereocenters. The Bertz CT molecular complexity index is 734. The first-order valence-electron chi connectivity index (χ1n) is 5.39. The molecule has 1 aromatic heterocycles. The zero-order valence-corrected chi connectivity index (χ0v) is 9.28. The molecule has 0 aliphatic rings. The Hall–Kier alpha value is -2.36. The van der Waals surface area contributed by atoms with Gasteiger partial charge in [0.25, 0.3) is 0 Å². The number of benzene rings is 2. The molecular weight excluding hydrogens is 236 g/mol. The summed E-state index contributed by atoms with van der Waals surface area (Å²) in [5.74, 6) is -0.616. The van der Waals surface area contributed by atoms with Gasteiger partial charge in [0.15, 0.2) is 11.4 Å². The second kappa shape index (κ2) is 3.84. The molecule has 3 aromatic rings. The summed E-state index contributed by atoms with van der Waals surface area (Å²) in [5.41, 5.74) is 6.21. The van der Waals surface area contributed by atoms with E-state index in [4.69, 9.17) is 10.2 Å². The predicted molar refractivity (Wildman–Crippen MR) is 66.0 cm³/mol. The van der Waals surface area contributed by atoms with Crippen molar-refractivity contribution in [2.45, 2.75) is 0 Å². The number of halogens is 2. The van der Waals surface area contributed by atoms with E-state index < -0.39 is 11.6 Å². The van der Waals surface area contributed by atoms with Gasteiger partial charge in [-0.3, -0.25) is 0 Å². The van der Waals surface area contributed by atoms with Crippen LogP contribution in [-0.4, -0.2) is 0 Å². The zero-order chi connectivity index (χ0) is 12.7. The van der Waals surface area contributed by atoms with Crippen molar-refractivity contribution in [1.29, 1.82) is 0 Å². The fraction of sp³-hybridized carbons (Fsp3) is 0. The van der Waals surface area contributed by atoms with Gasteiger partial charge in [-0.1, -0.05) is 18.2 Å². The van der Waals surface area contributed by atoms with Crippen molar-refractivity contribution in [3.05, 3.63) is 54.1 Å². The Balaban J connectivity index is 2.26. The van der Waals surface area contributed by atoms with E-state index in [2.05, 4.69) is 0 Å². The molecule has 4 heteroatoms. The number of rotatable bonds is 1. The summed E-state index contributed by atoms with van der Waals surface area (Å²) in [7, 11) is 0. The maximum absolute atomic E-state index is 13.5. The number of nitrogen functional groups attached to an aromatic ring is 1. The molecule has 0 unspecified atom stereocenters. The molecule has 2 nitrogen and oxygen atoms in total. The van der Waals surface area contributed by atoms with Gasteiger partial charge in [-0.25, -0.2) is 8.78 Å². The van der Waals surface area contributed by atoms with Gasteiger partial charge in [-0.15, -0.1) is 0 Å². The second-order valence-electron chi connectivity index (χ2n) is 3.97. The lowest BCUT2D eigenvalue weighted by Gasteiger charge is -2.02. The molecule has 0 amide bonds. The van der Waals surface area contributed by atoms with E-state index in [0.29, 0.717) is 16.7 Å². The van der Waals surface area contributed by atoms with Crippen LogP contribution in [0.15, 0.2) is 46.9 Å². The molecule has 90 valence electrons. The van der Waals surface area contributed by atoms with Crippen molar-refractivity contribution in [3.8, 4) is 11.3 Å². The smallest absolute Gasteiger partial charge is 0.170 e. The first-order chi connectivity index (χ1) is 8.66. The number of hydrogen-bond donors (Lipinski definition) is 1. The summed E-state index contributed by atoms with van der Waals surface area (Å²) in [5, 5.41) is 0.619. The highest BCUT2D eigenvalue weighted by atomic mass is 19.1. The van der Waals surface area contributed by atoms with Gasteiger partial charge >= 0.3 is 0 Å². The molecule has 0 saturated carbocycles. The third-order valence-electron chi connectivity index (χ3n) is 2.81. The lowest BCUT2D eigenvalue weighted by atomic mass is 10.1. The Morgan fingerprint density at radius 1 is 0.944 bits per heavy atom. The number of hydrogen-bond acceptors (Lipinski definition) is 2. The maximum Gasteiger partial charge on any atom is 0.170 e. The highest BCUT2D eigenvalue weighted by Gasteiger charge is 2.13. The number of anilines is 1. The van der Waals surface area contributed by atoms with Gasteiger partial charge in [0.1, 0.15) is 11.6 Å². The van der Waals surface area contributed by atoms with Gasteiger partial charge in [-0.05, 0) is 24.3 Å². The van der Waals surface area contributed by atoms with Crippen LogP contribution in [0, 0.1) is 11.6 Å². The Kier molecular flexibility index (Phi) is 2.30. The molecule has 2 N–H and O–H groups in total. The quantitative estimate of drug-likeness (QED) is 0.659. The maximum atomic E-state index is 13.5. The van der Waals surface area contributed by atoms with Crippen LogP contribution in [-0.2, 0) is 0 Å². The minimum atomic E-state index is -0.520. The highest BCUT2D eigenvalue weighted by molar-refractivity contribution is 5.85. The summed E-state index contributed by atoms with van der Waals surface area (Å²) >= 11 is 0. The van der Waals surface area contributed by atoms with E-state index in [-0.39, 0.29) is 11.3 Å². The number of fused-ring (bicyclic) bond motifs is 1. The van der Waals surface area contributed by atoms with E-state index in [1.54, 1.807) is 24.3 Å². The van der Waals surface area contributed by atoms with Crippen molar-refractivity contribution in [2.24, 2.45) is 0 Å². The average Bonchev–Trinajstić information content (AvgIpc) is 2.78. The second-order valence-corrected chi connectivity index (χ2v) is 3.97. The van der Waals surface area contributed by atoms with Gasteiger partial charge in [0, 0.05) is 10.9 Å². The molecule has 0 radical (unpaired) electrons.